The number of allylic oxidation sites excluding steroid dienone is 1. The molecule has 0 unspecified atom stereocenters. The third-order valence-electron chi connectivity index (χ3n) is 8.34. The van der Waals surface area contributed by atoms with E-state index in [1.54, 1.807) is 0 Å². The molecule has 0 spiro atoms. The Balaban J connectivity index is 1.51. The Bertz CT molecular complexity index is 3760. The van der Waals surface area contributed by atoms with E-state index < -0.39 is 154 Å². The van der Waals surface area contributed by atoms with E-state index in [1.807, 2.05) is 0 Å². The lowest BCUT2D eigenvalue weighted by molar-refractivity contribution is 0.106. The summed E-state index contributed by atoms with van der Waals surface area (Å²) in [6, 6.07) is 10.6. The number of benzene rings is 4. The standard InChI is InChI=1S/C31H24ClN7O19S6/c32-29-35-30(33-16-3-1-4-17(13-16)59(41,42)10-9-58-64(55,56)57)37-31(36-29)34-22-14-18(60(43,44)45)11-15-12-24(62(49,50)51)26(27(40)25(15)22)39-38-21-8-7-19-20(28(21)63(52,53)54)5-2-6-23(19)61(46,47)48/h1-8,11-14,38H,9-10H2,(H,43,44,45)(H,46,47,48)(H,49,50,51)(H,52,53,54)(H,55,56,57)(H2,33,34,35,36,37)/b39-26+. The summed E-state index contributed by atoms with van der Waals surface area (Å²) in [6.07, 6.45) is 0.534. The molecule has 0 atom stereocenters. The van der Waals surface area contributed by atoms with Gasteiger partial charge in [0.15, 0.2) is 15.5 Å². The quantitative estimate of drug-likeness (QED) is 0.0607. The molecule has 0 saturated carbocycles. The first-order valence-electron chi connectivity index (χ1n) is 16.6. The fourth-order valence-corrected chi connectivity index (χ4v) is 10.3. The van der Waals surface area contributed by atoms with Crippen LogP contribution in [0.2, 0.25) is 5.28 Å². The van der Waals surface area contributed by atoms with Crippen molar-refractivity contribution in [3.05, 3.63) is 99.3 Å². The highest BCUT2D eigenvalue weighted by Crippen LogP contribution is 2.37. The number of ketones is 1. The fraction of sp³-hybridized carbons (Fsp3) is 0.0645. The zero-order valence-electron chi connectivity index (χ0n) is 30.9. The molecule has 0 aliphatic heterocycles. The van der Waals surface area contributed by atoms with Crippen LogP contribution in [0.15, 0.2) is 106 Å². The Morgan fingerprint density at radius 1 is 0.719 bits per heavy atom. The van der Waals surface area contributed by atoms with Crippen LogP contribution < -0.4 is 16.7 Å². The average molecular weight is 1030 g/mol. The SMILES string of the molecule is O=C1/C(=N/Nc2ccc3c(S(=O)(=O)O)cccc3c2S(=O)(=O)O)C(S(=O)(=O)O)=Cc2cc(S(=O)(=O)O)cc(N=c3[nH]c(Cl)nc(=Nc4cccc(S(=O)(=O)CCOS(=O)(=O)O)c4)[nH]3)c21. The highest BCUT2D eigenvalue weighted by atomic mass is 35.5. The second kappa shape index (κ2) is 17.1. The van der Waals surface area contributed by atoms with E-state index in [4.69, 9.17) is 16.2 Å². The van der Waals surface area contributed by atoms with Gasteiger partial charge >= 0.3 is 10.4 Å². The maximum absolute atomic E-state index is 14.2. The molecule has 0 saturated heterocycles. The van der Waals surface area contributed by atoms with Crippen LogP contribution in [0, 0.1) is 0 Å². The summed E-state index contributed by atoms with van der Waals surface area (Å²) < 4.78 is 199. The lowest BCUT2D eigenvalue weighted by atomic mass is 9.93. The van der Waals surface area contributed by atoms with Crippen LogP contribution in [0.25, 0.3) is 16.8 Å². The molecule has 4 aromatic carbocycles. The molecule has 0 fully saturated rings. The number of carbonyl (C=O) groups is 1. The van der Waals surface area contributed by atoms with Crippen molar-refractivity contribution in [3.8, 4) is 0 Å². The fourth-order valence-electron chi connectivity index (χ4n) is 5.82. The van der Waals surface area contributed by atoms with Gasteiger partial charge in [0.1, 0.15) is 14.7 Å². The number of fused-ring (bicyclic) bond motifs is 2. The second-order valence-electron chi connectivity index (χ2n) is 12.6. The first-order chi connectivity index (χ1) is 29.4. The highest BCUT2D eigenvalue weighted by molar-refractivity contribution is 7.91. The van der Waals surface area contributed by atoms with Crippen LogP contribution in [-0.4, -0.2) is 112 Å². The number of nitrogens with one attached hydrogen (secondary N) is 3. The molecule has 0 radical (unpaired) electrons. The average Bonchev–Trinajstić information content (AvgIpc) is 3.14. The number of aromatic amines is 2. The van der Waals surface area contributed by atoms with E-state index in [2.05, 4.69) is 39.6 Å². The first kappa shape index (κ1) is 47.8. The van der Waals surface area contributed by atoms with Gasteiger partial charge in [0.05, 0.1) is 44.8 Å². The van der Waals surface area contributed by atoms with Gasteiger partial charge < -0.3 is 4.98 Å². The molecule has 1 heterocycles. The largest absolute Gasteiger partial charge is 0.397 e. The predicted molar refractivity (Wildman–Crippen MR) is 219 cm³/mol. The van der Waals surface area contributed by atoms with Crippen LogP contribution in [0.5, 0.6) is 0 Å². The Kier molecular flexibility index (Phi) is 12.8. The van der Waals surface area contributed by atoms with Gasteiger partial charge in [0.25, 0.3) is 40.5 Å². The topological polar surface area (TPSA) is 426 Å². The summed E-state index contributed by atoms with van der Waals surface area (Å²) in [5, 5.41) is 2.26. The van der Waals surface area contributed by atoms with Crippen LogP contribution in [0.1, 0.15) is 15.9 Å². The molecule has 0 amide bonds. The number of Topliss-reactive ketones (excluding diaryl/α,β-unsaturated/α-hetero) is 1. The van der Waals surface area contributed by atoms with Gasteiger partial charge in [-0.15, -0.1) is 0 Å². The third-order valence-corrected chi connectivity index (χ3v) is 14.2. The van der Waals surface area contributed by atoms with Gasteiger partial charge in [-0.2, -0.15) is 52.2 Å². The van der Waals surface area contributed by atoms with Gasteiger partial charge in [0.2, 0.25) is 22.3 Å². The number of rotatable bonds is 13. The molecule has 1 aliphatic rings. The summed E-state index contributed by atoms with van der Waals surface area (Å²) in [7, 11) is -30.2. The van der Waals surface area contributed by atoms with E-state index in [-0.39, 0.29) is 10.6 Å². The van der Waals surface area contributed by atoms with Crippen molar-refractivity contribution in [3.63, 3.8) is 0 Å². The van der Waals surface area contributed by atoms with Crippen LogP contribution in [0.3, 0.4) is 0 Å². The Hall–Kier alpha value is -5.62. The van der Waals surface area contributed by atoms with E-state index >= 15 is 0 Å². The number of H-pyrrole nitrogens is 2. The van der Waals surface area contributed by atoms with Crippen molar-refractivity contribution in [2.75, 3.05) is 17.8 Å². The number of halogens is 1. The van der Waals surface area contributed by atoms with Crippen molar-refractivity contribution in [1.29, 1.82) is 0 Å². The van der Waals surface area contributed by atoms with Crippen molar-refractivity contribution in [2.24, 2.45) is 15.1 Å². The molecule has 1 aromatic heterocycles. The molecular formula is C31H24ClN7O19S6. The minimum atomic E-state index is -5.50. The number of sulfone groups is 1. The monoisotopic (exact) mass is 1020 g/mol. The highest BCUT2D eigenvalue weighted by Gasteiger charge is 2.36. The number of aromatic nitrogens is 3. The molecular weight excluding hydrogens is 1000 g/mol. The van der Waals surface area contributed by atoms with Crippen molar-refractivity contribution in [1.82, 2.24) is 15.0 Å². The van der Waals surface area contributed by atoms with E-state index in [9.17, 15) is 73.5 Å². The lowest BCUT2D eigenvalue weighted by Gasteiger charge is -2.19. The number of anilines is 1. The summed E-state index contributed by atoms with van der Waals surface area (Å²) in [6.45, 7) is -0.934. The Labute approximate surface area is 364 Å². The number of hydrazone groups is 1. The van der Waals surface area contributed by atoms with Crippen molar-refractivity contribution in [2.45, 2.75) is 19.6 Å². The van der Waals surface area contributed by atoms with Crippen LogP contribution in [0.4, 0.5) is 17.1 Å². The van der Waals surface area contributed by atoms with Gasteiger partial charge in [-0.25, -0.2) is 22.6 Å². The molecule has 5 aromatic rings. The molecule has 26 nitrogen and oxygen atoms in total. The third kappa shape index (κ3) is 10.8. The van der Waals surface area contributed by atoms with Crippen molar-refractivity contribution < 1.29 is 82.2 Å². The number of hydrogen-bond acceptors (Lipinski definition) is 19. The Morgan fingerprint density at radius 2 is 1.41 bits per heavy atom. The minimum Gasteiger partial charge on any atom is -0.300 e. The van der Waals surface area contributed by atoms with E-state index in [0.717, 1.165) is 42.5 Å². The maximum atomic E-state index is 14.2. The summed E-state index contributed by atoms with van der Waals surface area (Å²) >= 11 is 6.14. The van der Waals surface area contributed by atoms with Crippen LogP contribution in [-0.2, 0) is 64.9 Å². The summed E-state index contributed by atoms with van der Waals surface area (Å²) in [5.74, 6) is -2.36. The molecule has 1 aliphatic carbocycles. The van der Waals surface area contributed by atoms with Gasteiger partial charge in [-0.05, 0) is 65.7 Å². The number of nitrogens with zero attached hydrogens (tertiary/aromatic N) is 4. The number of carbonyl (C=O) groups excluding carboxylic acids is 1. The predicted octanol–water partition coefficient (Wildman–Crippen LogP) is 1.24. The van der Waals surface area contributed by atoms with E-state index in [0.29, 0.717) is 18.2 Å². The molecule has 8 N–H and O–H groups in total. The summed E-state index contributed by atoms with van der Waals surface area (Å²) in [5.41, 5.74) is -2.90. The minimum absolute atomic E-state index is 0.117. The second-order valence-corrected chi connectivity index (χ2v) is 21.7. The molecule has 0 bridgehead atoms. The van der Waals surface area contributed by atoms with Gasteiger partial charge in [0, 0.05) is 10.8 Å². The van der Waals surface area contributed by atoms with Gasteiger partial charge in [-0.3, -0.25) is 38.0 Å². The zero-order chi connectivity index (χ0) is 47.4. The molecule has 64 heavy (non-hydrogen) atoms. The normalized spacial score (nSPS) is 15.4. The number of hydrogen-bond donors (Lipinski definition) is 8. The summed E-state index contributed by atoms with van der Waals surface area (Å²) in [4.78, 5) is 26.7. The van der Waals surface area contributed by atoms with Gasteiger partial charge in [-0.1, -0.05) is 24.3 Å². The molecule has 6 rings (SSSR count). The lowest BCUT2D eigenvalue weighted by Crippen LogP contribution is -2.29. The van der Waals surface area contributed by atoms with Crippen LogP contribution >= 0.6 is 11.6 Å². The first-order valence-corrected chi connectivity index (χ1v) is 25.7. The Morgan fingerprint density at radius 3 is 2.03 bits per heavy atom. The maximum Gasteiger partial charge on any atom is 0.397 e. The smallest absolute Gasteiger partial charge is 0.300 e. The molecule has 340 valence electrons. The van der Waals surface area contributed by atoms with E-state index in [1.165, 1.54) is 12.1 Å². The van der Waals surface area contributed by atoms with Crippen molar-refractivity contribution >= 4 is 118 Å². The molecule has 33 heteroatoms. The zero-order valence-corrected chi connectivity index (χ0v) is 36.6.